The minimum absolute atomic E-state index is 0.0378. The molecule has 1 N–H and O–H groups in total. The third-order valence-electron chi connectivity index (χ3n) is 6.60. The molecule has 3 rings (SSSR count). The molecular weight excluding hydrogens is 594 g/mol. The highest BCUT2D eigenvalue weighted by molar-refractivity contribution is 7.98. The monoisotopic (exact) mass is 631 g/mol. The van der Waals surface area contributed by atoms with Crippen molar-refractivity contribution in [3.05, 3.63) is 83.4 Å². The Kier molecular flexibility index (Phi) is 12.6. The van der Waals surface area contributed by atoms with Gasteiger partial charge in [-0.2, -0.15) is 0 Å². The summed E-state index contributed by atoms with van der Waals surface area (Å²) in [5, 5.41) is 3.32. The minimum Gasteiger partial charge on any atom is -0.494 e. The zero-order chi connectivity index (χ0) is 30.7. The summed E-state index contributed by atoms with van der Waals surface area (Å²) in [5.41, 5.74) is 0.944. The van der Waals surface area contributed by atoms with Gasteiger partial charge in [0.25, 0.3) is 10.0 Å². The Morgan fingerprint density at radius 2 is 1.64 bits per heavy atom. The fourth-order valence-electron chi connectivity index (χ4n) is 4.37. The first-order valence-electron chi connectivity index (χ1n) is 13.9. The Balaban J connectivity index is 2.07. The Hall–Kier alpha value is -3.21. The van der Waals surface area contributed by atoms with Gasteiger partial charge >= 0.3 is 0 Å². The third-order valence-corrected chi connectivity index (χ3v) is 9.50. The van der Waals surface area contributed by atoms with E-state index in [0.29, 0.717) is 41.6 Å². The van der Waals surface area contributed by atoms with Crippen LogP contribution in [0.3, 0.4) is 0 Å². The Morgan fingerprint density at radius 3 is 2.21 bits per heavy atom. The fourth-order valence-corrected chi connectivity index (χ4v) is 6.39. The molecule has 0 radical (unpaired) electrons. The molecule has 0 heterocycles. The second-order valence-corrected chi connectivity index (χ2v) is 12.6. The maximum absolute atomic E-state index is 14.1. The molecule has 3 aromatic carbocycles. The molecule has 0 spiro atoms. The number of anilines is 1. The minimum atomic E-state index is -4.17. The van der Waals surface area contributed by atoms with Gasteiger partial charge in [0.1, 0.15) is 18.3 Å². The van der Waals surface area contributed by atoms with Gasteiger partial charge in [0, 0.05) is 23.0 Å². The Morgan fingerprint density at radius 1 is 0.976 bits per heavy atom. The van der Waals surface area contributed by atoms with Crippen molar-refractivity contribution in [3.63, 3.8) is 0 Å². The maximum atomic E-state index is 14.1. The lowest BCUT2D eigenvalue weighted by Crippen LogP contribution is -2.52. The molecule has 0 unspecified atom stereocenters. The van der Waals surface area contributed by atoms with Gasteiger partial charge in [-0.1, -0.05) is 43.6 Å². The molecule has 0 bridgehead atoms. The number of nitrogens with zero attached hydrogens (tertiary/aromatic N) is 2. The van der Waals surface area contributed by atoms with Crippen molar-refractivity contribution in [3.8, 4) is 5.75 Å². The van der Waals surface area contributed by atoms with Crippen LogP contribution in [0.1, 0.15) is 39.2 Å². The SMILES string of the molecule is CCCNC(=O)[C@H](CC)N(Cc1ccccc1Cl)C(=O)CN(c1ccc(OCC)cc1)S(=O)(=O)c1ccc(SC)cc1. The molecule has 0 aliphatic heterocycles. The summed E-state index contributed by atoms with van der Waals surface area (Å²) in [6.45, 7) is 6.05. The van der Waals surface area contributed by atoms with Crippen LogP contribution in [0.4, 0.5) is 5.69 Å². The Labute approximate surface area is 258 Å². The molecule has 42 heavy (non-hydrogen) atoms. The van der Waals surface area contributed by atoms with Crippen molar-refractivity contribution in [1.82, 2.24) is 10.2 Å². The maximum Gasteiger partial charge on any atom is 0.264 e. The molecule has 226 valence electrons. The molecule has 3 aromatic rings. The van der Waals surface area contributed by atoms with Gasteiger partial charge < -0.3 is 15.0 Å². The van der Waals surface area contributed by atoms with E-state index in [9.17, 15) is 18.0 Å². The van der Waals surface area contributed by atoms with Crippen LogP contribution < -0.4 is 14.4 Å². The second-order valence-electron chi connectivity index (χ2n) is 9.44. The summed E-state index contributed by atoms with van der Waals surface area (Å²) in [6.07, 6.45) is 2.97. The predicted molar refractivity (Wildman–Crippen MR) is 170 cm³/mol. The molecule has 0 aliphatic rings. The average Bonchev–Trinajstić information content (AvgIpc) is 3.00. The van der Waals surface area contributed by atoms with Crippen LogP contribution in [0.15, 0.2) is 82.6 Å². The molecule has 1 atom stereocenters. The van der Waals surface area contributed by atoms with E-state index in [2.05, 4.69) is 5.32 Å². The van der Waals surface area contributed by atoms with E-state index in [1.165, 1.54) is 28.8 Å². The highest BCUT2D eigenvalue weighted by Gasteiger charge is 2.34. The number of benzene rings is 3. The van der Waals surface area contributed by atoms with Gasteiger partial charge in [-0.05, 0) is 86.2 Å². The van der Waals surface area contributed by atoms with E-state index < -0.39 is 28.5 Å². The molecule has 8 nitrogen and oxygen atoms in total. The first-order valence-corrected chi connectivity index (χ1v) is 16.9. The molecule has 0 saturated heterocycles. The number of halogens is 1. The molecule has 0 saturated carbocycles. The number of amides is 2. The summed E-state index contributed by atoms with van der Waals surface area (Å²) in [6, 6.07) is 19.3. The van der Waals surface area contributed by atoms with Crippen molar-refractivity contribution in [2.45, 2.75) is 56.0 Å². The molecule has 0 fully saturated rings. The molecule has 0 aromatic heterocycles. The quantitative estimate of drug-likeness (QED) is 0.207. The van der Waals surface area contributed by atoms with Gasteiger partial charge in [0.15, 0.2) is 0 Å². The van der Waals surface area contributed by atoms with Gasteiger partial charge in [0.2, 0.25) is 11.8 Å². The van der Waals surface area contributed by atoms with Gasteiger partial charge in [0.05, 0.1) is 17.2 Å². The highest BCUT2D eigenvalue weighted by Crippen LogP contribution is 2.28. The van der Waals surface area contributed by atoms with Crippen molar-refractivity contribution in [2.75, 3.05) is 30.3 Å². The van der Waals surface area contributed by atoms with Gasteiger partial charge in [-0.25, -0.2) is 8.42 Å². The third kappa shape index (κ3) is 8.42. The van der Waals surface area contributed by atoms with Crippen molar-refractivity contribution < 1.29 is 22.7 Å². The number of rotatable bonds is 15. The summed E-state index contributed by atoms with van der Waals surface area (Å²) in [7, 11) is -4.17. The van der Waals surface area contributed by atoms with E-state index >= 15 is 0 Å². The first kappa shape index (κ1) is 33.3. The van der Waals surface area contributed by atoms with Crippen LogP contribution in [0.2, 0.25) is 5.02 Å². The van der Waals surface area contributed by atoms with Crippen LogP contribution in [0, 0.1) is 0 Å². The zero-order valence-electron chi connectivity index (χ0n) is 24.4. The topological polar surface area (TPSA) is 96.0 Å². The second kappa shape index (κ2) is 15.9. The normalized spacial score (nSPS) is 11.9. The van der Waals surface area contributed by atoms with Crippen molar-refractivity contribution in [1.29, 1.82) is 0 Å². The number of sulfonamides is 1. The van der Waals surface area contributed by atoms with Crippen LogP contribution in [0.25, 0.3) is 0 Å². The predicted octanol–water partition coefficient (Wildman–Crippen LogP) is 5.99. The lowest BCUT2D eigenvalue weighted by molar-refractivity contribution is -0.140. The number of ether oxygens (including phenoxy) is 1. The van der Waals surface area contributed by atoms with E-state index in [-0.39, 0.29) is 17.3 Å². The summed E-state index contributed by atoms with van der Waals surface area (Å²) in [4.78, 5) is 29.7. The largest absolute Gasteiger partial charge is 0.494 e. The van der Waals surface area contributed by atoms with Gasteiger partial charge in [-0.3, -0.25) is 13.9 Å². The van der Waals surface area contributed by atoms with E-state index in [0.717, 1.165) is 15.6 Å². The number of hydrogen-bond donors (Lipinski definition) is 1. The van der Waals surface area contributed by atoms with E-state index in [1.807, 2.05) is 27.0 Å². The zero-order valence-corrected chi connectivity index (χ0v) is 26.8. The highest BCUT2D eigenvalue weighted by atomic mass is 35.5. The number of nitrogens with one attached hydrogen (secondary N) is 1. The van der Waals surface area contributed by atoms with Crippen LogP contribution >= 0.6 is 23.4 Å². The summed E-state index contributed by atoms with van der Waals surface area (Å²) >= 11 is 7.94. The van der Waals surface area contributed by atoms with Crippen molar-refractivity contribution >= 4 is 50.9 Å². The summed E-state index contributed by atoms with van der Waals surface area (Å²) in [5.74, 6) is -0.261. The van der Waals surface area contributed by atoms with Crippen LogP contribution in [-0.4, -0.2) is 57.1 Å². The van der Waals surface area contributed by atoms with Crippen molar-refractivity contribution in [2.24, 2.45) is 0 Å². The Bertz CT molecular complexity index is 1430. The number of hydrogen-bond acceptors (Lipinski definition) is 6. The molecule has 2 amide bonds. The fraction of sp³-hybridized carbons (Fsp3) is 0.355. The van der Waals surface area contributed by atoms with Crippen LogP contribution in [0.5, 0.6) is 5.75 Å². The lowest BCUT2D eigenvalue weighted by atomic mass is 10.1. The first-order chi connectivity index (χ1) is 20.2. The standard InChI is InChI=1S/C31H38ClN3O5S2/c1-5-20-33-31(37)29(6-2)34(21-23-10-8-9-11-28(23)32)30(36)22-35(24-12-14-25(15-13-24)40-7-3)42(38,39)27-18-16-26(41-4)17-19-27/h8-19,29H,5-7,20-22H2,1-4H3,(H,33,37)/t29-/m0/s1. The summed E-state index contributed by atoms with van der Waals surface area (Å²) < 4.78 is 34.7. The van der Waals surface area contributed by atoms with E-state index in [1.54, 1.807) is 60.7 Å². The van der Waals surface area contributed by atoms with Crippen LogP contribution in [-0.2, 0) is 26.2 Å². The molecule has 0 aliphatic carbocycles. The average molecular weight is 632 g/mol. The van der Waals surface area contributed by atoms with E-state index in [4.69, 9.17) is 16.3 Å². The number of thioether (sulfide) groups is 1. The molecule has 11 heteroatoms. The lowest BCUT2D eigenvalue weighted by Gasteiger charge is -2.33. The van der Waals surface area contributed by atoms with Gasteiger partial charge in [-0.15, -0.1) is 11.8 Å². The molecular formula is C31H38ClN3O5S2. The smallest absolute Gasteiger partial charge is 0.264 e. The number of carbonyl (C=O) groups excluding carboxylic acids is 2. The number of carbonyl (C=O) groups is 2.